The summed E-state index contributed by atoms with van der Waals surface area (Å²) in [4.78, 5) is 32.7. The number of aromatic nitrogens is 2. The number of pyridine rings is 2. The maximum atomic E-state index is 12.1. The molecular formula is C16H18N4O2. The van der Waals surface area contributed by atoms with Gasteiger partial charge < -0.3 is 15.2 Å². The zero-order valence-electron chi connectivity index (χ0n) is 12.2. The Morgan fingerprint density at radius 3 is 2.68 bits per heavy atom. The summed E-state index contributed by atoms with van der Waals surface area (Å²) in [6.07, 6.45) is 6.78. The Labute approximate surface area is 128 Å². The number of rotatable bonds is 3. The molecule has 1 aliphatic heterocycles. The average Bonchev–Trinajstić information content (AvgIpc) is 2.57. The van der Waals surface area contributed by atoms with Crippen molar-refractivity contribution in [1.82, 2.24) is 9.97 Å². The summed E-state index contributed by atoms with van der Waals surface area (Å²) in [6, 6.07) is 6.82. The van der Waals surface area contributed by atoms with Crippen molar-refractivity contribution in [3.05, 3.63) is 52.6 Å². The second-order valence-corrected chi connectivity index (χ2v) is 5.32. The van der Waals surface area contributed by atoms with Crippen LogP contribution in [0.2, 0.25) is 0 Å². The maximum Gasteiger partial charge on any atom is 0.261 e. The lowest BCUT2D eigenvalue weighted by Crippen LogP contribution is -2.30. The van der Waals surface area contributed by atoms with Crippen molar-refractivity contribution in [2.75, 3.05) is 23.3 Å². The molecule has 6 heteroatoms. The van der Waals surface area contributed by atoms with Crippen LogP contribution in [0.1, 0.15) is 29.6 Å². The van der Waals surface area contributed by atoms with Gasteiger partial charge in [-0.1, -0.05) is 0 Å². The van der Waals surface area contributed by atoms with E-state index in [1.807, 2.05) is 12.1 Å². The third kappa shape index (κ3) is 3.16. The Balaban J connectivity index is 1.69. The van der Waals surface area contributed by atoms with Gasteiger partial charge in [0.1, 0.15) is 11.4 Å². The molecule has 22 heavy (non-hydrogen) atoms. The highest BCUT2D eigenvalue weighted by Crippen LogP contribution is 2.19. The van der Waals surface area contributed by atoms with Crippen LogP contribution in [0.3, 0.4) is 0 Å². The first-order valence-corrected chi connectivity index (χ1v) is 7.44. The Kier molecular flexibility index (Phi) is 4.18. The summed E-state index contributed by atoms with van der Waals surface area (Å²) in [6.45, 7) is 2.05. The van der Waals surface area contributed by atoms with Gasteiger partial charge in [0.2, 0.25) is 0 Å². The molecule has 1 fully saturated rings. The highest BCUT2D eigenvalue weighted by atomic mass is 16.2. The van der Waals surface area contributed by atoms with Crippen molar-refractivity contribution in [2.45, 2.75) is 19.3 Å². The molecule has 0 aromatic carbocycles. The van der Waals surface area contributed by atoms with E-state index in [1.165, 1.54) is 31.5 Å². The predicted molar refractivity (Wildman–Crippen MR) is 85.3 cm³/mol. The Hall–Kier alpha value is -2.63. The van der Waals surface area contributed by atoms with E-state index in [9.17, 15) is 9.59 Å². The van der Waals surface area contributed by atoms with Crippen LogP contribution in [0.4, 0.5) is 11.5 Å². The molecule has 2 aromatic heterocycles. The van der Waals surface area contributed by atoms with Crippen molar-refractivity contribution in [2.24, 2.45) is 0 Å². The van der Waals surface area contributed by atoms with Gasteiger partial charge in [-0.2, -0.15) is 0 Å². The minimum Gasteiger partial charge on any atom is -0.357 e. The van der Waals surface area contributed by atoms with Crippen molar-refractivity contribution < 1.29 is 4.79 Å². The number of hydrogen-bond acceptors (Lipinski definition) is 4. The fraction of sp³-hybridized carbons (Fsp3) is 0.312. The number of aromatic amines is 1. The van der Waals surface area contributed by atoms with Crippen LogP contribution in [-0.2, 0) is 0 Å². The van der Waals surface area contributed by atoms with Crippen LogP contribution in [0.5, 0.6) is 0 Å². The first kappa shape index (κ1) is 14.3. The quantitative estimate of drug-likeness (QED) is 0.908. The average molecular weight is 298 g/mol. The molecule has 0 spiro atoms. The zero-order valence-corrected chi connectivity index (χ0v) is 12.2. The van der Waals surface area contributed by atoms with E-state index in [2.05, 4.69) is 20.2 Å². The van der Waals surface area contributed by atoms with Crippen LogP contribution < -0.4 is 15.8 Å². The molecule has 0 bridgehead atoms. The van der Waals surface area contributed by atoms with Gasteiger partial charge in [0, 0.05) is 19.3 Å². The largest absolute Gasteiger partial charge is 0.357 e. The molecule has 3 rings (SSSR count). The fourth-order valence-electron chi connectivity index (χ4n) is 2.57. The minimum atomic E-state index is -0.436. The van der Waals surface area contributed by atoms with Crippen LogP contribution >= 0.6 is 0 Å². The van der Waals surface area contributed by atoms with Gasteiger partial charge in [-0.15, -0.1) is 0 Å². The van der Waals surface area contributed by atoms with Crippen molar-refractivity contribution >= 4 is 17.4 Å². The molecule has 0 radical (unpaired) electrons. The van der Waals surface area contributed by atoms with Gasteiger partial charge in [-0.3, -0.25) is 9.59 Å². The lowest BCUT2D eigenvalue weighted by Gasteiger charge is -2.27. The maximum absolute atomic E-state index is 12.1. The molecule has 2 aromatic rings. The van der Waals surface area contributed by atoms with Crippen molar-refractivity contribution in [1.29, 1.82) is 0 Å². The number of amides is 1. The highest BCUT2D eigenvalue weighted by Gasteiger charge is 2.13. The SMILES string of the molecule is O=C(Nc1ccc(N2CCCCC2)nc1)c1ccc[nH]c1=O. The molecule has 0 aliphatic carbocycles. The molecular weight excluding hydrogens is 280 g/mol. The monoisotopic (exact) mass is 298 g/mol. The Morgan fingerprint density at radius 1 is 1.18 bits per heavy atom. The normalized spacial score (nSPS) is 14.6. The molecule has 114 valence electrons. The molecule has 0 saturated carbocycles. The van der Waals surface area contributed by atoms with Crippen molar-refractivity contribution in [3.63, 3.8) is 0 Å². The van der Waals surface area contributed by atoms with Crippen LogP contribution in [0.25, 0.3) is 0 Å². The number of carbonyl (C=O) groups is 1. The molecule has 1 aliphatic rings. The first-order valence-electron chi connectivity index (χ1n) is 7.44. The van der Waals surface area contributed by atoms with E-state index in [1.54, 1.807) is 12.3 Å². The summed E-state index contributed by atoms with van der Waals surface area (Å²) < 4.78 is 0. The number of piperidine rings is 1. The number of H-pyrrole nitrogens is 1. The van der Waals surface area contributed by atoms with Gasteiger partial charge in [0.05, 0.1) is 11.9 Å². The number of nitrogens with zero attached hydrogens (tertiary/aromatic N) is 2. The van der Waals surface area contributed by atoms with E-state index >= 15 is 0 Å². The van der Waals surface area contributed by atoms with Gasteiger partial charge >= 0.3 is 0 Å². The Morgan fingerprint density at radius 2 is 2.00 bits per heavy atom. The summed E-state index contributed by atoms with van der Waals surface area (Å²) in [7, 11) is 0. The van der Waals surface area contributed by atoms with Gasteiger partial charge in [0.15, 0.2) is 0 Å². The molecule has 1 saturated heterocycles. The van der Waals surface area contributed by atoms with Crippen molar-refractivity contribution in [3.8, 4) is 0 Å². The summed E-state index contributed by atoms with van der Waals surface area (Å²) in [5.74, 6) is 0.490. The highest BCUT2D eigenvalue weighted by molar-refractivity contribution is 6.03. The van der Waals surface area contributed by atoms with E-state index in [-0.39, 0.29) is 5.56 Å². The molecule has 3 heterocycles. The summed E-state index contributed by atoms with van der Waals surface area (Å²) >= 11 is 0. The van der Waals surface area contributed by atoms with Gasteiger partial charge in [-0.05, 0) is 43.5 Å². The van der Waals surface area contributed by atoms with E-state index in [0.717, 1.165) is 18.9 Å². The molecule has 1 amide bonds. The minimum absolute atomic E-state index is 0.0857. The van der Waals surface area contributed by atoms with Gasteiger partial charge in [-0.25, -0.2) is 4.98 Å². The third-order valence-electron chi connectivity index (χ3n) is 3.75. The summed E-state index contributed by atoms with van der Waals surface area (Å²) in [5, 5.41) is 2.69. The molecule has 6 nitrogen and oxygen atoms in total. The summed E-state index contributed by atoms with van der Waals surface area (Å²) in [5.41, 5.74) is 0.259. The molecule has 0 atom stereocenters. The fourth-order valence-corrected chi connectivity index (χ4v) is 2.57. The number of hydrogen-bond donors (Lipinski definition) is 2. The van der Waals surface area contributed by atoms with Gasteiger partial charge in [0.25, 0.3) is 11.5 Å². The Bertz CT molecular complexity index is 703. The van der Waals surface area contributed by atoms with Crippen LogP contribution in [0.15, 0.2) is 41.5 Å². The van der Waals surface area contributed by atoms with E-state index in [0.29, 0.717) is 5.69 Å². The number of nitrogens with one attached hydrogen (secondary N) is 2. The smallest absolute Gasteiger partial charge is 0.261 e. The lowest BCUT2D eigenvalue weighted by molar-refractivity contribution is 0.102. The molecule has 0 unspecified atom stereocenters. The number of carbonyl (C=O) groups excluding carboxylic acids is 1. The third-order valence-corrected chi connectivity index (χ3v) is 3.75. The topological polar surface area (TPSA) is 78.1 Å². The number of anilines is 2. The van der Waals surface area contributed by atoms with E-state index in [4.69, 9.17) is 0 Å². The first-order chi connectivity index (χ1) is 10.7. The van der Waals surface area contributed by atoms with E-state index < -0.39 is 11.5 Å². The standard InChI is InChI=1S/C16H18N4O2/c21-15-13(5-4-8-17-15)16(22)19-12-6-7-14(18-11-12)20-9-2-1-3-10-20/h4-8,11H,1-3,9-10H2,(H,17,21)(H,19,22). The second-order valence-electron chi connectivity index (χ2n) is 5.32. The van der Waals surface area contributed by atoms with Crippen LogP contribution in [-0.4, -0.2) is 29.0 Å². The van der Waals surface area contributed by atoms with Crippen LogP contribution in [0, 0.1) is 0 Å². The predicted octanol–water partition coefficient (Wildman–Crippen LogP) is 2.01. The second kappa shape index (κ2) is 6.43. The zero-order chi connectivity index (χ0) is 15.4. The molecule has 2 N–H and O–H groups in total. The lowest BCUT2D eigenvalue weighted by atomic mass is 10.1.